The zero-order chi connectivity index (χ0) is 14.0. The van der Waals surface area contributed by atoms with Crippen LogP contribution in [-0.4, -0.2) is 18.4 Å². The van der Waals surface area contributed by atoms with Crippen molar-refractivity contribution < 1.29 is 14.3 Å². The molecule has 0 unspecified atom stereocenters. The molecule has 0 fully saturated rings. The van der Waals surface area contributed by atoms with Gasteiger partial charge in [0.05, 0.1) is 6.10 Å². The zero-order valence-corrected chi connectivity index (χ0v) is 11.8. The average Bonchev–Trinajstić information content (AvgIpc) is 2.56. The van der Waals surface area contributed by atoms with Crippen molar-refractivity contribution >= 4 is 23.3 Å². The molecular formula is C14H16ClNO3. The number of esters is 1. The SMILES string of the molecule is Cc1cccc(NC2=C(Cl)C(=O)O[C@H]2OC(C)C)c1. The molecule has 0 aliphatic carbocycles. The average molecular weight is 282 g/mol. The molecule has 0 spiro atoms. The number of rotatable bonds is 4. The largest absolute Gasteiger partial charge is 0.425 e. The summed E-state index contributed by atoms with van der Waals surface area (Å²) >= 11 is 5.96. The van der Waals surface area contributed by atoms with Gasteiger partial charge in [-0.15, -0.1) is 0 Å². The maximum atomic E-state index is 11.5. The Morgan fingerprint density at radius 1 is 1.42 bits per heavy atom. The fraction of sp³-hybridized carbons (Fsp3) is 0.357. The van der Waals surface area contributed by atoms with Crippen molar-refractivity contribution in [1.29, 1.82) is 0 Å². The molecule has 102 valence electrons. The number of cyclic esters (lactones) is 1. The Morgan fingerprint density at radius 3 is 2.79 bits per heavy atom. The normalized spacial score (nSPS) is 19.0. The Labute approximate surface area is 117 Å². The van der Waals surface area contributed by atoms with E-state index in [1.807, 2.05) is 45.0 Å². The molecule has 1 aromatic carbocycles. The summed E-state index contributed by atoms with van der Waals surface area (Å²) in [5, 5.41) is 3.13. The van der Waals surface area contributed by atoms with E-state index in [1.165, 1.54) is 0 Å². The molecule has 1 atom stereocenters. The summed E-state index contributed by atoms with van der Waals surface area (Å²) < 4.78 is 10.6. The van der Waals surface area contributed by atoms with Gasteiger partial charge in [0.25, 0.3) is 0 Å². The molecule has 19 heavy (non-hydrogen) atoms. The van der Waals surface area contributed by atoms with Crippen LogP contribution in [0.1, 0.15) is 19.4 Å². The van der Waals surface area contributed by atoms with Gasteiger partial charge in [-0.25, -0.2) is 4.79 Å². The lowest BCUT2D eigenvalue weighted by Crippen LogP contribution is -2.23. The summed E-state index contributed by atoms with van der Waals surface area (Å²) in [6.45, 7) is 5.72. The lowest BCUT2D eigenvalue weighted by atomic mass is 10.2. The van der Waals surface area contributed by atoms with Crippen molar-refractivity contribution in [2.45, 2.75) is 33.2 Å². The summed E-state index contributed by atoms with van der Waals surface area (Å²) in [6.07, 6.45) is -0.852. The van der Waals surface area contributed by atoms with E-state index in [0.717, 1.165) is 11.3 Å². The fourth-order valence-corrected chi connectivity index (χ4v) is 1.94. The second-order valence-corrected chi connectivity index (χ2v) is 5.02. The smallest absolute Gasteiger partial charge is 0.354 e. The highest BCUT2D eigenvalue weighted by molar-refractivity contribution is 6.42. The van der Waals surface area contributed by atoms with E-state index in [1.54, 1.807) is 0 Å². The minimum atomic E-state index is -0.777. The number of benzene rings is 1. The summed E-state index contributed by atoms with van der Waals surface area (Å²) in [5.74, 6) is -0.567. The van der Waals surface area contributed by atoms with Gasteiger partial charge < -0.3 is 14.8 Å². The Kier molecular flexibility index (Phi) is 4.12. The highest BCUT2D eigenvalue weighted by atomic mass is 35.5. The molecule has 5 heteroatoms. The molecule has 1 heterocycles. The molecule has 0 saturated heterocycles. The molecule has 1 aliphatic rings. The molecule has 1 aliphatic heterocycles. The first-order valence-electron chi connectivity index (χ1n) is 6.07. The zero-order valence-electron chi connectivity index (χ0n) is 11.1. The van der Waals surface area contributed by atoms with Crippen LogP contribution < -0.4 is 5.32 Å². The van der Waals surface area contributed by atoms with Crippen molar-refractivity contribution in [1.82, 2.24) is 0 Å². The van der Waals surface area contributed by atoms with Crippen LogP contribution >= 0.6 is 11.6 Å². The van der Waals surface area contributed by atoms with Crippen LogP contribution in [-0.2, 0) is 14.3 Å². The predicted molar refractivity (Wildman–Crippen MR) is 73.8 cm³/mol. The third-order valence-corrected chi connectivity index (χ3v) is 2.92. The van der Waals surface area contributed by atoms with Gasteiger partial charge >= 0.3 is 5.97 Å². The van der Waals surface area contributed by atoms with E-state index in [4.69, 9.17) is 21.1 Å². The van der Waals surface area contributed by atoms with Gasteiger partial charge in [-0.3, -0.25) is 0 Å². The fourth-order valence-electron chi connectivity index (χ4n) is 1.76. The van der Waals surface area contributed by atoms with E-state index in [0.29, 0.717) is 5.70 Å². The highest BCUT2D eigenvalue weighted by Gasteiger charge is 2.34. The molecule has 4 nitrogen and oxygen atoms in total. The van der Waals surface area contributed by atoms with Crippen LogP contribution in [0, 0.1) is 6.92 Å². The Balaban J connectivity index is 2.22. The highest BCUT2D eigenvalue weighted by Crippen LogP contribution is 2.28. The number of carbonyl (C=O) groups excluding carboxylic acids is 1. The van der Waals surface area contributed by atoms with Crippen LogP contribution in [0.15, 0.2) is 35.0 Å². The number of ether oxygens (including phenoxy) is 2. The number of nitrogens with one attached hydrogen (secondary N) is 1. The van der Waals surface area contributed by atoms with Crippen LogP contribution in [0.5, 0.6) is 0 Å². The first-order chi connectivity index (χ1) is 8.97. The third kappa shape index (κ3) is 3.28. The van der Waals surface area contributed by atoms with Gasteiger partial charge in [-0.05, 0) is 38.5 Å². The summed E-state index contributed by atoms with van der Waals surface area (Å²) in [7, 11) is 0. The lowest BCUT2D eigenvalue weighted by molar-refractivity contribution is -0.165. The first kappa shape index (κ1) is 13.9. The minimum absolute atomic E-state index is 0.0344. The van der Waals surface area contributed by atoms with Crippen LogP contribution in [0.2, 0.25) is 0 Å². The number of halogens is 1. The van der Waals surface area contributed by atoms with E-state index in [-0.39, 0.29) is 11.1 Å². The van der Waals surface area contributed by atoms with Gasteiger partial charge in [0.1, 0.15) is 5.70 Å². The molecule has 0 saturated carbocycles. The quantitative estimate of drug-likeness (QED) is 0.861. The molecule has 0 radical (unpaired) electrons. The molecule has 1 N–H and O–H groups in total. The van der Waals surface area contributed by atoms with E-state index in [9.17, 15) is 4.79 Å². The second-order valence-electron chi connectivity index (χ2n) is 4.64. The van der Waals surface area contributed by atoms with Crippen LogP contribution in [0.25, 0.3) is 0 Å². The minimum Gasteiger partial charge on any atom is -0.425 e. The third-order valence-electron chi connectivity index (χ3n) is 2.56. The number of aryl methyl sites for hydroxylation is 1. The van der Waals surface area contributed by atoms with Crippen LogP contribution in [0.4, 0.5) is 5.69 Å². The number of anilines is 1. The second kappa shape index (κ2) is 5.63. The van der Waals surface area contributed by atoms with E-state index in [2.05, 4.69) is 5.32 Å². The lowest BCUT2D eigenvalue weighted by Gasteiger charge is -2.18. The summed E-state index contributed by atoms with van der Waals surface area (Å²) in [4.78, 5) is 11.5. The number of hydrogen-bond acceptors (Lipinski definition) is 4. The monoisotopic (exact) mass is 281 g/mol. The molecule has 1 aromatic rings. The molecule has 0 bridgehead atoms. The summed E-state index contributed by atoms with van der Waals surface area (Å²) in [6, 6.07) is 7.74. The van der Waals surface area contributed by atoms with Crippen molar-refractivity contribution in [3.8, 4) is 0 Å². The molecular weight excluding hydrogens is 266 g/mol. The van der Waals surface area contributed by atoms with Crippen LogP contribution in [0.3, 0.4) is 0 Å². The van der Waals surface area contributed by atoms with Gasteiger partial charge in [0.15, 0.2) is 5.03 Å². The molecule has 0 aromatic heterocycles. The maximum absolute atomic E-state index is 11.5. The Morgan fingerprint density at radius 2 is 2.16 bits per heavy atom. The van der Waals surface area contributed by atoms with Crippen molar-refractivity contribution in [2.75, 3.05) is 5.32 Å². The Bertz CT molecular complexity index is 525. The Hall–Kier alpha value is -1.52. The maximum Gasteiger partial charge on any atom is 0.354 e. The summed E-state index contributed by atoms with van der Waals surface area (Å²) in [5.41, 5.74) is 2.39. The first-order valence-corrected chi connectivity index (χ1v) is 6.45. The van der Waals surface area contributed by atoms with E-state index < -0.39 is 12.3 Å². The number of hydrogen-bond donors (Lipinski definition) is 1. The van der Waals surface area contributed by atoms with Crippen molar-refractivity contribution in [3.05, 3.63) is 40.6 Å². The van der Waals surface area contributed by atoms with Crippen molar-refractivity contribution in [2.24, 2.45) is 0 Å². The van der Waals surface area contributed by atoms with Crippen molar-refractivity contribution in [3.63, 3.8) is 0 Å². The standard InChI is InChI=1S/C14H16ClNO3/c1-8(2)18-14-12(11(15)13(17)19-14)16-10-6-4-5-9(3)7-10/h4-8,14,16H,1-3H3/t14-/m1/s1. The number of carbonyl (C=O) groups is 1. The van der Waals surface area contributed by atoms with Gasteiger partial charge in [0, 0.05) is 5.69 Å². The molecule has 0 amide bonds. The predicted octanol–water partition coefficient (Wildman–Crippen LogP) is 3.17. The topological polar surface area (TPSA) is 47.6 Å². The van der Waals surface area contributed by atoms with Gasteiger partial charge in [0.2, 0.25) is 6.29 Å². The van der Waals surface area contributed by atoms with Gasteiger partial charge in [-0.1, -0.05) is 23.7 Å². The van der Waals surface area contributed by atoms with Gasteiger partial charge in [-0.2, -0.15) is 0 Å². The molecule has 2 rings (SSSR count). The van der Waals surface area contributed by atoms with E-state index >= 15 is 0 Å².